The monoisotopic (exact) mass is 144 g/mol. The smallest absolute Gasteiger partial charge is 0.213 e. The van der Waals surface area contributed by atoms with Crippen molar-refractivity contribution in [2.24, 2.45) is 16.7 Å². The Hall–Kier alpha value is -0.970. The number of hydrogen-bond donors (Lipinski definition) is 2. The second-order valence-electron chi connectivity index (χ2n) is 2.25. The first kappa shape index (κ1) is 7.14. The van der Waals surface area contributed by atoms with Gasteiger partial charge in [-0.05, 0) is 0 Å². The van der Waals surface area contributed by atoms with Crippen LogP contribution in [0.2, 0.25) is 0 Å². The van der Waals surface area contributed by atoms with Gasteiger partial charge in [0, 0.05) is 20.2 Å². The largest absolute Gasteiger partial charge is 0.378 e. The molecule has 0 aromatic heterocycles. The van der Waals surface area contributed by atoms with E-state index in [1.807, 2.05) is 4.90 Å². The molecular formula is C5H12N4O. The van der Waals surface area contributed by atoms with Crippen LogP contribution >= 0.6 is 0 Å². The highest BCUT2D eigenvalue weighted by molar-refractivity contribution is 5.78. The fraction of sp³-hybridized carbons (Fsp3) is 0.800. The Labute approximate surface area is 59.6 Å². The molecule has 0 radical (unpaired) electrons. The van der Waals surface area contributed by atoms with Crippen LogP contribution in [-0.4, -0.2) is 37.2 Å². The predicted molar refractivity (Wildman–Crippen MR) is 38.2 cm³/mol. The van der Waals surface area contributed by atoms with Crippen LogP contribution in [0.1, 0.15) is 0 Å². The summed E-state index contributed by atoms with van der Waals surface area (Å²) >= 11 is 0. The van der Waals surface area contributed by atoms with Crippen LogP contribution in [-0.2, 0) is 4.74 Å². The zero-order valence-corrected chi connectivity index (χ0v) is 5.95. The third-order valence-electron chi connectivity index (χ3n) is 1.64. The summed E-state index contributed by atoms with van der Waals surface area (Å²) in [5.41, 5.74) is 5.39. The van der Waals surface area contributed by atoms with Crippen LogP contribution in [0.4, 0.5) is 0 Å². The Balaban J connectivity index is 2.26. The number of likely N-dealkylation sites (tertiary alicyclic amines) is 1. The first-order valence-corrected chi connectivity index (χ1v) is 3.09. The molecule has 0 bridgehead atoms. The summed E-state index contributed by atoms with van der Waals surface area (Å²) in [6.07, 6.45) is 0.292. The summed E-state index contributed by atoms with van der Waals surface area (Å²) < 4.78 is 5.02. The zero-order valence-electron chi connectivity index (χ0n) is 5.95. The topological polar surface area (TPSA) is 76.9 Å². The van der Waals surface area contributed by atoms with Gasteiger partial charge in [-0.2, -0.15) is 0 Å². The fourth-order valence-corrected chi connectivity index (χ4v) is 0.856. The highest BCUT2D eigenvalue weighted by Crippen LogP contribution is 2.08. The van der Waals surface area contributed by atoms with Crippen molar-refractivity contribution in [1.82, 2.24) is 4.90 Å². The van der Waals surface area contributed by atoms with Crippen molar-refractivity contribution in [3.8, 4) is 0 Å². The molecule has 1 aliphatic heterocycles. The maximum absolute atomic E-state index is 5.39. The average molecular weight is 144 g/mol. The molecule has 0 amide bonds. The minimum atomic E-state index is 0.292. The molecule has 4 N–H and O–H groups in total. The van der Waals surface area contributed by atoms with Gasteiger partial charge in [0.15, 0.2) is 0 Å². The van der Waals surface area contributed by atoms with E-state index >= 15 is 0 Å². The fourth-order valence-electron chi connectivity index (χ4n) is 0.856. The normalized spacial score (nSPS) is 20.9. The summed E-state index contributed by atoms with van der Waals surface area (Å²) in [5, 5.41) is 3.34. The number of rotatable bonds is 1. The second-order valence-corrected chi connectivity index (χ2v) is 2.25. The van der Waals surface area contributed by atoms with Gasteiger partial charge in [0.25, 0.3) is 0 Å². The zero-order chi connectivity index (χ0) is 7.56. The number of ether oxygens (including phenoxy) is 1. The van der Waals surface area contributed by atoms with E-state index in [2.05, 4.69) is 5.10 Å². The highest BCUT2D eigenvalue weighted by atomic mass is 16.5. The average Bonchev–Trinajstić information content (AvgIpc) is 1.85. The van der Waals surface area contributed by atoms with Crippen LogP contribution in [0.5, 0.6) is 0 Å². The van der Waals surface area contributed by atoms with Crippen LogP contribution in [0.25, 0.3) is 0 Å². The summed E-state index contributed by atoms with van der Waals surface area (Å²) in [5.74, 6) is 5.33. The van der Waals surface area contributed by atoms with Gasteiger partial charge in [0.1, 0.15) is 0 Å². The molecule has 0 spiro atoms. The molecule has 58 valence electrons. The van der Waals surface area contributed by atoms with Crippen molar-refractivity contribution < 1.29 is 4.74 Å². The molecule has 1 aliphatic rings. The Kier molecular flexibility index (Phi) is 1.96. The van der Waals surface area contributed by atoms with Gasteiger partial charge >= 0.3 is 0 Å². The van der Waals surface area contributed by atoms with E-state index in [-0.39, 0.29) is 0 Å². The van der Waals surface area contributed by atoms with Crippen LogP contribution in [0.15, 0.2) is 5.10 Å². The molecule has 5 heteroatoms. The molecule has 0 atom stereocenters. The van der Waals surface area contributed by atoms with Gasteiger partial charge in [-0.1, -0.05) is 0 Å². The maximum Gasteiger partial charge on any atom is 0.213 e. The molecule has 1 heterocycles. The van der Waals surface area contributed by atoms with Crippen molar-refractivity contribution in [3.05, 3.63) is 0 Å². The highest BCUT2D eigenvalue weighted by Gasteiger charge is 2.27. The second kappa shape index (κ2) is 2.74. The summed E-state index contributed by atoms with van der Waals surface area (Å²) in [7, 11) is 1.68. The van der Waals surface area contributed by atoms with E-state index < -0.39 is 0 Å². The number of nitrogens with zero attached hydrogens (tertiary/aromatic N) is 2. The Bertz CT molecular complexity index is 141. The van der Waals surface area contributed by atoms with E-state index in [4.69, 9.17) is 16.3 Å². The van der Waals surface area contributed by atoms with E-state index in [0.29, 0.717) is 12.1 Å². The minimum absolute atomic E-state index is 0.292. The first-order valence-electron chi connectivity index (χ1n) is 3.09. The number of hydrogen-bond acceptors (Lipinski definition) is 3. The first-order chi connectivity index (χ1) is 4.77. The van der Waals surface area contributed by atoms with E-state index in [1.54, 1.807) is 7.11 Å². The molecule has 1 saturated heterocycles. The molecule has 1 fully saturated rings. The quantitative estimate of drug-likeness (QED) is 0.203. The van der Waals surface area contributed by atoms with Gasteiger partial charge < -0.3 is 21.2 Å². The third kappa shape index (κ3) is 1.13. The number of guanidine groups is 1. The number of hydrazone groups is 1. The molecule has 5 nitrogen and oxygen atoms in total. The lowest BCUT2D eigenvalue weighted by Gasteiger charge is -2.38. The lowest BCUT2D eigenvalue weighted by atomic mass is 10.2. The summed E-state index contributed by atoms with van der Waals surface area (Å²) in [4.78, 5) is 1.86. The van der Waals surface area contributed by atoms with Crippen molar-refractivity contribution in [2.45, 2.75) is 6.10 Å². The molecule has 0 aliphatic carbocycles. The standard InChI is InChI=1S/C5H12N4O/c1-10-4-2-9(3-4)5(6)8-7/h4H,2-3,7H2,1H3,(H2,6,8). The maximum atomic E-state index is 5.39. The van der Waals surface area contributed by atoms with Gasteiger partial charge in [-0.3, -0.25) is 0 Å². The lowest BCUT2D eigenvalue weighted by Crippen LogP contribution is -2.57. The molecule has 0 saturated carbocycles. The molecular weight excluding hydrogens is 132 g/mol. The van der Waals surface area contributed by atoms with Gasteiger partial charge in [-0.25, -0.2) is 0 Å². The molecule has 1 rings (SSSR count). The molecule has 0 unspecified atom stereocenters. The number of methoxy groups -OCH3 is 1. The Morgan fingerprint density at radius 3 is 2.70 bits per heavy atom. The Morgan fingerprint density at radius 1 is 1.70 bits per heavy atom. The van der Waals surface area contributed by atoms with Crippen molar-refractivity contribution >= 4 is 5.96 Å². The van der Waals surface area contributed by atoms with Crippen molar-refractivity contribution in [1.29, 1.82) is 0 Å². The Morgan fingerprint density at radius 2 is 2.30 bits per heavy atom. The van der Waals surface area contributed by atoms with Gasteiger partial charge in [0.2, 0.25) is 5.96 Å². The van der Waals surface area contributed by atoms with Crippen molar-refractivity contribution in [3.63, 3.8) is 0 Å². The summed E-state index contributed by atoms with van der Waals surface area (Å²) in [6, 6.07) is 0. The van der Waals surface area contributed by atoms with Crippen LogP contribution < -0.4 is 11.6 Å². The van der Waals surface area contributed by atoms with E-state index in [1.165, 1.54) is 0 Å². The van der Waals surface area contributed by atoms with Gasteiger partial charge in [0.05, 0.1) is 6.10 Å². The van der Waals surface area contributed by atoms with Crippen molar-refractivity contribution in [2.75, 3.05) is 20.2 Å². The number of nitrogens with two attached hydrogens (primary N) is 2. The lowest BCUT2D eigenvalue weighted by molar-refractivity contribution is 0.00511. The molecule has 0 aromatic carbocycles. The van der Waals surface area contributed by atoms with Gasteiger partial charge in [-0.15, -0.1) is 5.10 Å². The van der Waals surface area contributed by atoms with Crippen LogP contribution in [0.3, 0.4) is 0 Å². The predicted octanol–water partition coefficient (Wildman–Crippen LogP) is -1.49. The summed E-state index contributed by atoms with van der Waals surface area (Å²) in [6.45, 7) is 1.59. The van der Waals surface area contributed by atoms with Crippen LogP contribution in [0, 0.1) is 0 Å². The van der Waals surface area contributed by atoms with E-state index in [9.17, 15) is 0 Å². The molecule has 0 aromatic rings. The molecule has 10 heavy (non-hydrogen) atoms. The van der Waals surface area contributed by atoms with E-state index in [0.717, 1.165) is 13.1 Å². The third-order valence-corrected chi connectivity index (χ3v) is 1.64. The minimum Gasteiger partial charge on any atom is -0.378 e. The SMILES string of the molecule is COC1CN(/C(N)=N/N)C1.